The Kier molecular flexibility index (Phi) is 3.97. The van der Waals surface area contributed by atoms with Crippen molar-refractivity contribution in [3.8, 4) is 5.75 Å². The number of halogens is 1. The van der Waals surface area contributed by atoms with Gasteiger partial charge in [-0.05, 0) is 24.6 Å². The predicted molar refractivity (Wildman–Crippen MR) is 71.4 cm³/mol. The van der Waals surface area contributed by atoms with Crippen molar-refractivity contribution >= 4 is 17.3 Å². The van der Waals surface area contributed by atoms with Crippen molar-refractivity contribution < 1.29 is 9.66 Å². The average Bonchev–Trinajstić information content (AvgIpc) is 2.38. The van der Waals surface area contributed by atoms with Crippen LogP contribution in [0.25, 0.3) is 0 Å². The maximum atomic E-state index is 10.8. The highest BCUT2D eigenvalue weighted by Crippen LogP contribution is 2.32. The molecule has 1 aromatic carbocycles. The number of hydrogen-bond acceptors (Lipinski definition) is 4. The van der Waals surface area contributed by atoms with Crippen LogP contribution in [0.15, 0.2) is 36.7 Å². The van der Waals surface area contributed by atoms with Gasteiger partial charge >= 0.3 is 0 Å². The summed E-state index contributed by atoms with van der Waals surface area (Å²) in [7, 11) is 0. The van der Waals surface area contributed by atoms with Crippen LogP contribution in [-0.4, -0.2) is 9.91 Å². The lowest BCUT2D eigenvalue weighted by atomic mass is 10.2. The van der Waals surface area contributed by atoms with Gasteiger partial charge in [-0.15, -0.1) is 0 Å². The summed E-state index contributed by atoms with van der Waals surface area (Å²) in [6.07, 6.45) is 3.35. The van der Waals surface area contributed by atoms with Crippen LogP contribution in [0.5, 0.6) is 5.75 Å². The summed E-state index contributed by atoms with van der Waals surface area (Å²) in [5, 5.41) is 10.9. The lowest BCUT2D eigenvalue weighted by molar-refractivity contribution is -0.384. The first-order valence-electron chi connectivity index (χ1n) is 5.54. The molecule has 0 saturated heterocycles. The van der Waals surface area contributed by atoms with Gasteiger partial charge in [0.25, 0.3) is 5.69 Å². The molecule has 19 heavy (non-hydrogen) atoms. The van der Waals surface area contributed by atoms with Gasteiger partial charge in [0, 0.05) is 18.0 Å². The standard InChI is InChI=1S/C13H11ClN2O3/c1-9-5-11(14)12(16(17)18)6-13(9)19-8-10-3-2-4-15-7-10/h2-7H,8H2,1H3. The van der Waals surface area contributed by atoms with Crippen LogP contribution in [-0.2, 0) is 6.61 Å². The Hall–Kier alpha value is -2.14. The van der Waals surface area contributed by atoms with E-state index < -0.39 is 4.92 Å². The Morgan fingerprint density at radius 2 is 2.26 bits per heavy atom. The third-order valence-electron chi connectivity index (χ3n) is 2.56. The number of aryl methyl sites for hydroxylation is 1. The zero-order chi connectivity index (χ0) is 13.8. The Labute approximate surface area is 115 Å². The molecule has 1 heterocycles. The molecule has 0 saturated carbocycles. The number of pyridine rings is 1. The molecule has 2 aromatic rings. The van der Waals surface area contributed by atoms with E-state index in [-0.39, 0.29) is 10.7 Å². The van der Waals surface area contributed by atoms with Crippen molar-refractivity contribution in [3.05, 3.63) is 62.9 Å². The molecular weight excluding hydrogens is 268 g/mol. The van der Waals surface area contributed by atoms with Gasteiger partial charge in [-0.25, -0.2) is 0 Å². The molecule has 0 atom stereocenters. The van der Waals surface area contributed by atoms with Crippen LogP contribution in [0.1, 0.15) is 11.1 Å². The molecule has 0 N–H and O–H groups in total. The van der Waals surface area contributed by atoms with Crippen LogP contribution in [0.2, 0.25) is 5.02 Å². The van der Waals surface area contributed by atoms with E-state index in [1.807, 2.05) is 6.07 Å². The summed E-state index contributed by atoms with van der Waals surface area (Å²) in [6, 6.07) is 6.54. The fourth-order valence-corrected chi connectivity index (χ4v) is 1.87. The van der Waals surface area contributed by atoms with E-state index in [1.165, 1.54) is 12.1 Å². The Morgan fingerprint density at radius 3 is 2.89 bits per heavy atom. The molecule has 0 bridgehead atoms. The normalized spacial score (nSPS) is 10.2. The van der Waals surface area contributed by atoms with E-state index in [1.54, 1.807) is 25.4 Å². The van der Waals surface area contributed by atoms with Crippen molar-refractivity contribution in [1.29, 1.82) is 0 Å². The van der Waals surface area contributed by atoms with Crippen LogP contribution >= 0.6 is 11.6 Å². The highest BCUT2D eigenvalue weighted by molar-refractivity contribution is 6.32. The summed E-state index contributed by atoms with van der Waals surface area (Å²) in [4.78, 5) is 14.3. The lowest BCUT2D eigenvalue weighted by Gasteiger charge is -2.09. The van der Waals surface area contributed by atoms with Crippen molar-refractivity contribution in [1.82, 2.24) is 4.98 Å². The number of rotatable bonds is 4. The number of nitro benzene ring substituents is 1. The molecule has 6 heteroatoms. The van der Waals surface area contributed by atoms with Gasteiger partial charge < -0.3 is 4.74 Å². The largest absolute Gasteiger partial charge is 0.488 e. The number of ether oxygens (including phenoxy) is 1. The molecule has 0 aliphatic heterocycles. The number of benzene rings is 1. The second-order valence-corrected chi connectivity index (χ2v) is 4.38. The molecule has 0 radical (unpaired) electrons. The van der Waals surface area contributed by atoms with Crippen LogP contribution in [0.3, 0.4) is 0 Å². The predicted octanol–water partition coefficient (Wildman–Crippen LogP) is 3.53. The third kappa shape index (κ3) is 3.20. The molecule has 0 aliphatic carbocycles. The van der Waals surface area contributed by atoms with E-state index in [4.69, 9.17) is 16.3 Å². The van der Waals surface area contributed by atoms with Gasteiger partial charge in [-0.3, -0.25) is 15.1 Å². The zero-order valence-corrected chi connectivity index (χ0v) is 10.9. The Balaban J connectivity index is 2.21. The minimum absolute atomic E-state index is 0.108. The monoisotopic (exact) mass is 278 g/mol. The first-order valence-corrected chi connectivity index (χ1v) is 5.92. The molecule has 0 fully saturated rings. The maximum Gasteiger partial charge on any atom is 0.291 e. The quantitative estimate of drug-likeness (QED) is 0.634. The van der Waals surface area contributed by atoms with Crippen molar-refractivity contribution in [2.75, 3.05) is 0 Å². The fourth-order valence-electron chi connectivity index (χ4n) is 1.58. The number of aromatic nitrogens is 1. The molecule has 0 aliphatic rings. The van der Waals surface area contributed by atoms with E-state index in [0.29, 0.717) is 12.4 Å². The summed E-state index contributed by atoms with van der Waals surface area (Å²) in [6.45, 7) is 2.08. The topological polar surface area (TPSA) is 65.3 Å². The van der Waals surface area contributed by atoms with Gasteiger partial charge in [0.05, 0.1) is 11.0 Å². The third-order valence-corrected chi connectivity index (χ3v) is 2.86. The van der Waals surface area contributed by atoms with E-state index >= 15 is 0 Å². The van der Waals surface area contributed by atoms with Gasteiger partial charge in [-0.1, -0.05) is 17.7 Å². The van der Waals surface area contributed by atoms with Crippen LogP contribution in [0, 0.1) is 17.0 Å². The smallest absolute Gasteiger partial charge is 0.291 e. The Bertz CT molecular complexity index is 602. The second-order valence-electron chi connectivity index (χ2n) is 3.98. The average molecular weight is 279 g/mol. The number of nitrogens with zero attached hydrogens (tertiary/aromatic N) is 2. The van der Waals surface area contributed by atoms with Gasteiger partial charge in [0.15, 0.2) is 0 Å². The maximum absolute atomic E-state index is 10.8. The zero-order valence-electron chi connectivity index (χ0n) is 10.2. The van der Waals surface area contributed by atoms with Crippen molar-refractivity contribution in [3.63, 3.8) is 0 Å². The molecule has 1 aromatic heterocycles. The van der Waals surface area contributed by atoms with Gasteiger partial charge in [0.2, 0.25) is 0 Å². The highest BCUT2D eigenvalue weighted by atomic mass is 35.5. The van der Waals surface area contributed by atoms with Crippen molar-refractivity contribution in [2.45, 2.75) is 13.5 Å². The number of nitro groups is 1. The van der Waals surface area contributed by atoms with Gasteiger partial charge in [-0.2, -0.15) is 0 Å². The van der Waals surface area contributed by atoms with E-state index in [9.17, 15) is 10.1 Å². The summed E-state index contributed by atoms with van der Waals surface area (Å²) < 4.78 is 5.57. The summed E-state index contributed by atoms with van der Waals surface area (Å²) in [5.41, 5.74) is 1.48. The van der Waals surface area contributed by atoms with E-state index in [0.717, 1.165) is 11.1 Å². The van der Waals surface area contributed by atoms with Crippen molar-refractivity contribution in [2.24, 2.45) is 0 Å². The summed E-state index contributed by atoms with van der Waals surface area (Å²) in [5.74, 6) is 0.444. The highest BCUT2D eigenvalue weighted by Gasteiger charge is 2.16. The second kappa shape index (κ2) is 5.67. The first-order chi connectivity index (χ1) is 9.08. The molecule has 98 valence electrons. The van der Waals surface area contributed by atoms with Gasteiger partial charge in [0.1, 0.15) is 17.4 Å². The SMILES string of the molecule is Cc1cc(Cl)c([N+](=O)[O-])cc1OCc1cccnc1. The lowest BCUT2D eigenvalue weighted by Crippen LogP contribution is -1.99. The van der Waals surface area contributed by atoms with Crippen LogP contribution in [0.4, 0.5) is 5.69 Å². The van der Waals surface area contributed by atoms with E-state index in [2.05, 4.69) is 4.98 Å². The fraction of sp³-hybridized carbons (Fsp3) is 0.154. The summed E-state index contributed by atoms with van der Waals surface area (Å²) >= 11 is 5.81. The molecule has 2 rings (SSSR count). The molecule has 0 unspecified atom stereocenters. The van der Waals surface area contributed by atoms with Crippen LogP contribution < -0.4 is 4.74 Å². The molecular formula is C13H11ClN2O3. The minimum atomic E-state index is -0.529. The molecule has 5 nitrogen and oxygen atoms in total. The minimum Gasteiger partial charge on any atom is -0.488 e. The molecule has 0 spiro atoms. The first kappa shape index (κ1) is 13.3. The number of hydrogen-bond donors (Lipinski definition) is 0. The molecule has 0 amide bonds. The Morgan fingerprint density at radius 1 is 1.47 bits per heavy atom.